The summed E-state index contributed by atoms with van der Waals surface area (Å²) >= 11 is 0. The summed E-state index contributed by atoms with van der Waals surface area (Å²) in [6, 6.07) is 2.43. The van der Waals surface area contributed by atoms with E-state index in [-0.39, 0.29) is 18.5 Å². The Bertz CT molecular complexity index is 536. The van der Waals surface area contributed by atoms with Crippen molar-refractivity contribution in [2.24, 2.45) is 11.7 Å². The summed E-state index contributed by atoms with van der Waals surface area (Å²) in [5.74, 6) is -0.738. The first-order valence-electron chi connectivity index (χ1n) is 6.36. The van der Waals surface area contributed by atoms with E-state index in [9.17, 15) is 12.8 Å². The van der Waals surface area contributed by atoms with E-state index in [0.717, 1.165) is 31.7 Å². The van der Waals surface area contributed by atoms with Crippen molar-refractivity contribution in [1.29, 1.82) is 0 Å². The molecule has 5 nitrogen and oxygen atoms in total. The molecule has 0 aliphatic heterocycles. The van der Waals surface area contributed by atoms with Crippen molar-refractivity contribution in [3.8, 4) is 0 Å². The second-order valence-corrected chi connectivity index (χ2v) is 6.53. The van der Waals surface area contributed by atoms with E-state index in [0.29, 0.717) is 0 Å². The van der Waals surface area contributed by atoms with E-state index >= 15 is 0 Å². The number of pyridine rings is 1. The highest BCUT2D eigenvalue weighted by Gasteiger charge is 2.26. The SMILES string of the molecule is NC1CCCCC1CNS(=O)(=O)c1ncccc1F. The highest BCUT2D eigenvalue weighted by atomic mass is 32.2. The van der Waals surface area contributed by atoms with Crippen LogP contribution in [0.15, 0.2) is 23.4 Å². The average Bonchev–Trinajstić information content (AvgIpc) is 2.38. The van der Waals surface area contributed by atoms with Crippen molar-refractivity contribution in [2.75, 3.05) is 6.54 Å². The van der Waals surface area contributed by atoms with Crippen molar-refractivity contribution in [3.05, 3.63) is 24.1 Å². The van der Waals surface area contributed by atoms with Crippen molar-refractivity contribution in [3.63, 3.8) is 0 Å². The van der Waals surface area contributed by atoms with Crippen LogP contribution in [0.5, 0.6) is 0 Å². The quantitative estimate of drug-likeness (QED) is 0.865. The van der Waals surface area contributed by atoms with E-state index < -0.39 is 20.9 Å². The Balaban J connectivity index is 2.04. The van der Waals surface area contributed by atoms with E-state index in [1.54, 1.807) is 0 Å². The molecule has 2 atom stereocenters. The zero-order valence-electron chi connectivity index (χ0n) is 10.5. The second-order valence-electron chi connectivity index (χ2n) is 4.85. The second kappa shape index (κ2) is 5.94. The molecule has 3 N–H and O–H groups in total. The van der Waals surface area contributed by atoms with Crippen LogP contribution in [0.1, 0.15) is 25.7 Å². The molecule has 2 rings (SSSR count). The van der Waals surface area contributed by atoms with Gasteiger partial charge >= 0.3 is 0 Å². The van der Waals surface area contributed by atoms with Gasteiger partial charge in [-0.3, -0.25) is 0 Å². The maximum atomic E-state index is 13.4. The fourth-order valence-electron chi connectivity index (χ4n) is 2.34. The van der Waals surface area contributed by atoms with Crippen LogP contribution in [0.3, 0.4) is 0 Å². The fraction of sp³-hybridized carbons (Fsp3) is 0.583. The van der Waals surface area contributed by atoms with Crippen LogP contribution in [-0.2, 0) is 10.0 Å². The van der Waals surface area contributed by atoms with Gasteiger partial charge in [0.05, 0.1) is 0 Å². The predicted molar refractivity (Wildman–Crippen MR) is 69.3 cm³/mol. The summed E-state index contributed by atoms with van der Waals surface area (Å²) in [5, 5.41) is -0.556. The molecule has 19 heavy (non-hydrogen) atoms. The molecule has 1 heterocycles. The number of nitrogens with one attached hydrogen (secondary N) is 1. The summed E-state index contributed by atoms with van der Waals surface area (Å²) in [5.41, 5.74) is 5.95. The molecule has 7 heteroatoms. The third kappa shape index (κ3) is 3.49. The van der Waals surface area contributed by atoms with Gasteiger partial charge in [-0.25, -0.2) is 22.5 Å². The van der Waals surface area contributed by atoms with E-state index in [1.807, 2.05) is 0 Å². The molecule has 0 aromatic carbocycles. The standard InChI is InChI=1S/C12H18FN3O2S/c13-10-5-3-7-15-12(10)19(17,18)16-8-9-4-1-2-6-11(9)14/h3,5,7,9,11,16H,1-2,4,6,8,14H2. The topological polar surface area (TPSA) is 85.1 Å². The van der Waals surface area contributed by atoms with E-state index in [2.05, 4.69) is 9.71 Å². The third-order valence-electron chi connectivity index (χ3n) is 3.48. The molecule has 0 saturated heterocycles. The number of aromatic nitrogens is 1. The summed E-state index contributed by atoms with van der Waals surface area (Å²) < 4.78 is 39.7. The lowest BCUT2D eigenvalue weighted by molar-refractivity contribution is 0.308. The number of nitrogens with two attached hydrogens (primary N) is 1. The zero-order valence-corrected chi connectivity index (χ0v) is 11.4. The average molecular weight is 287 g/mol. The minimum Gasteiger partial charge on any atom is -0.327 e. The van der Waals surface area contributed by atoms with Crippen LogP contribution in [0.4, 0.5) is 4.39 Å². The van der Waals surface area contributed by atoms with Crippen molar-refractivity contribution in [1.82, 2.24) is 9.71 Å². The molecule has 0 radical (unpaired) electrons. The van der Waals surface area contributed by atoms with Crippen LogP contribution in [0.2, 0.25) is 0 Å². The van der Waals surface area contributed by atoms with Gasteiger partial charge in [0, 0.05) is 18.8 Å². The van der Waals surface area contributed by atoms with Crippen LogP contribution in [0, 0.1) is 11.7 Å². The number of halogens is 1. The lowest BCUT2D eigenvalue weighted by atomic mass is 9.85. The Morgan fingerprint density at radius 1 is 1.42 bits per heavy atom. The molecular weight excluding hydrogens is 269 g/mol. The monoisotopic (exact) mass is 287 g/mol. The summed E-state index contributed by atoms with van der Waals surface area (Å²) in [6.07, 6.45) is 5.19. The van der Waals surface area contributed by atoms with Crippen molar-refractivity contribution < 1.29 is 12.8 Å². The first kappa shape index (κ1) is 14.4. The summed E-state index contributed by atoms with van der Waals surface area (Å²) in [4.78, 5) is 3.58. The Morgan fingerprint density at radius 2 is 2.16 bits per heavy atom. The molecule has 106 valence electrons. The number of sulfonamides is 1. The number of nitrogens with zero attached hydrogens (tertiary/aromatic N) is 1. The summed E-state index contributed by atoms with van der Waals surface area (Å²) in [6.45, 7) is 0.236. The Kier molecular flexibility index (Phi) is 4.49. The molecule has 0 bridgehead atoms. The smallest absolute Gasteiger partial charge is 0.261 e. The molecular formula is C12H18FN3O2S. The zero-order chi connectivity index (χ0) is 13.9. The third-order valence-corrected chi connectivity index (χ3v) is 4.84. The van der Waals surface area contributed by atoms with Crippen molar-refractivity contribution >= 4 is 10.0 Å². The van der Waals surface area contributed by atoms with Crippen LogP contribution in [-0.4, -0.2) is 26.0 Å². The molecule has 1 aromatic rings. The van der Waals surface area contributed by atoms with Crippen LogP contribution < -0.4 is 10.5 Å². The molecule has 1 aliphatic rings. The Morgan fingerprint density at radius 3 is 2.84 bits per heavy atom. The highest BCUT2D eigenvalue weighted by molar-refractivity contribution is 7.89. The number of rotatable bonds is 4. The van der Waals surface area contributed by atoms with Crippen LogP contribution >= 0.6 is 0 Å². The van der Waals surface area contributed by atoms with Gasteiger partial charge in [0.15, 0.2) is 5.82 Å². The molecule has 0 amide bonds. The van der Waals surface area contributed by atoms with Gasteiger partial charge in [-0.15, -0.1) is 0 Å². The number of hydrogen-bond donors (Lipinski definition) is 2. The van der Waals surface area contributed by atoms with Crippen LogP contribution in [0.25, 0.3) is 0 Å². The normalized spacial score (nSPS) is 24.3. The minimum atomic E-state index is -3.91. The van der Waals surface area contributed by atoms with Gasteiger partial charge in [-0.2, -0.15) is 0 Å². The van der Waals surface area contributed by atoms with Gasteiger partial charge in [-0.05, 0) is 30.9 Å². The maximum absolute atomic E-state index is 13.4. The Hall–Kier alpha value is -1.05. The first-order valence-corrected chi connectivity index (χ1v) is 7.85. The molecule has 1 saturated carbocycles. The fourth-order valence-corrected chi connectivity index (χ4v) is 3.44. The molecule has 1 fully saturated rings. The summed E-state index contributed by atoms with van der Waals surface area (Å²) in [7, 11) is -3.91. The lowest BCUT2D eigenvalue weighted by Crippen LogP contribution is -2.41. The van der Waals surface area contributed by atoms with Gasteiger partial charge in [0.25, 0.3) is 10.0 Å². The molecule has 2 unspecified atom stereocenters. The molecule has 1 aliphatic carbocycles. The van der Waals surface area contributed by atoms with E-state index in [1.165, 1.54) is 12.3 Å². The largest absolute Gasteiger partial charge is 0.327 e. The lowest BCUT2D eigenvalue weighted by Gasteiger charge is -2.28. The predicted octanol–water partition coefficient (Wildman–Crippen LogP) is 1.02. The highest BCUT2D eigenvalue weighted by Crippen LogP contribution is 2.22. The molecule has 1 aromatic heterocycles. The maximum Gasteiger partial charge on any atom is 0.261 e. The van der Waals surface area contributed by atoms with Gasteiger partial charge in [0.2, 0.25) is 5.03 Å². The van der Waals surface area contributed by atoms with Gasteiger partial charge < -0.3 is 5.73 Å². The molecule has 0 spiro atoms. The van der Waals surface area contributed by atoms with E-state index in [4.69, 9.17) is 5.73 Å². The Labute approximate surface area is 112 Å². The van der Waals surface area contributed by atoms with Crippen molar-refractivity contribution in [2.45, 2.75) is 36.8 Å². The van der Waals surface area contributed by atoms with Gasteiger partial charge in [0.1, 0.15) is 0 Å². The number of hydrogen-bond acceptors (Lipinski definition) is 4. The van der Waals surface area contributed by atoms with Gasteiger partial charge in [-0.1, -0.05) is 12.8 Å². The minimum absolute atomic E-state index is 0.00466. The first-order chi connectivity index (χ1) is 9.00.